The molecule has 40 heavy (non-hydrogen) atoms. The second-order valence-corrected chi connectivity index (χ2v) is 8.72. The maximum atomic E-state index is 13.1. The molecule has 0 unspecified atom stereocenters. The van der Waals surface area contributed by atoms with Gasteiger partial charge in [-0.2, -0.15) is 0 Å². The standard InChI is InChI=1S/C29H25NO10/c1-17(31)30-25-23(40-29(36)20-15-9-4-10-16-20)21(38-27(34)18-11-5-2-6-12-18)22(24(37-25)26(32)33)39-28(35)19-13-7-3-8-14-19/h2-16,21-25H,1H3,(H,30,31)(H,32,33)/t21-,22-,23+,24-,25+/m0/s1. The van der Waals surface area contributed by atoms with Crippen LogP contribution in [-0.2, 0) is 28.5 Å². The van der Waals surface area contributed by atoms with E-state index in [2.05, 4.69) is 5.32 Å². The molecule has 1 aliphatic rings. The Kier molecular flexibility index (Phi) is 8.87. The number of amides is 1. The number of esters is 3. The molecule has 11 nitrogen and oxygen atoms in total. The van der Waals surface area contributed by atoms with E-state index in [-0.39, 0.29) is 16.7 Å². The van der Waals surface area contributed by atoms with Gasteiger partial charge in [0, 0.05) is 6.92 Å². The molecule has 0 aromatic heterocycles. The third-order valence-corrected chi connectivity index (χ3v) is 5.88. The summed E-state index contributed by atoms with van der Waals surface area (Å²) in [4.78, 5) is 63.5. The van der Waals surface area contributed by atoms with Crippen molar-refractivity contribution in [3.8, 4) is 0 Å². The van der Waals surface area contributed by atoms with Crippen molar-refractivity contribution in [2.75, 3.05) is 0 Å². The molecule has 0 radical (unpaired) electrons. The van der Waals surface area contributed by atoms with Crippen LogP contribution in [0.25, 0.3) is 0 Å². The zero-order chi connectivity index (χ0) is 28.6. The second-order valence-electron chi connectivity index (χ2n) is 8.72. The lowest BCUT2D eigenvalue weighted by Crippen LogP contribution is -2.66. The lowest BCUT2D eigenvalue weighted by atomic mass is 9.96. The number of aliphatic carboxylic acids is 1. The van der Waals surface area contributed by atoms with E-state index in [9.17, 15) is 29.1 Å². The van der Waals surface area contributed by atoms with E-state index in [4.69, 9.17) is 18.9 Å². The molecule has 1 aliphatic heterocycles. The van der Waals surface area contributed by atoms with E-state index >= 15 is 0 Å². The Morgan fingerprint density at radius 1 is 0.625 bits per heavy atom. The largest absolute Gasteiger partial charge is 0.479 e. The highest BCUT2D eigenvalue weighted by atomic mass is 16.7. The van der Waals surface area contributed by atoms with Crippen molar-refractivity contribution >= 4 is 29.8 Å². The lowest BCUT2D eigenvalue weighted by Gasteiger charge is -2.43. The van der Waals surface area contributed by atoms with Crippen LogP contribution in [0, 0.1) is 0 Å². The Morgan fingerprint density at radius 2 is 1.00 bits per heavy atom. The molecular formula is C29H25NO10. The molecule has 0 spiro atoms. The van der Waals surface area contributed by atoms with E-state index in [1.165, 1.54) is 36.4 Å². The Hall–Kier alpha value is -5.03. The number of nitrogens with one attached hydrogen (secondary N) is 1. The Morgan fingerprint density at radius 3 is 1.38 bits per heavy atom. The predicted octanol–water partition coefficient (Wildman–Crippen LogP) is 2.61. The van der Waals surface area contributed by atoms with Crippen LogP contribution in [0.5, 0.6) is 0 Å². The van der Waals surface area contributed by atoms with Gasteiger partial charge in [0.25, 0.3) is 0 Å². The Labute approximate surface area is 228 Å². The number of carbonyl (C=O) groups excluding carboxylic acids is 4. The lowest BCUT2D eigenvalue weighted by molar-refractivity contribution is -0.233. The minimum Gasteiger partial charge on any atom is -0.479 e. The summed E-state index contributed by atoms with van der Waals surface area (Å²) in [7, 11) is 0. The van der Waals surface area contributed by atoms with Crippen LogP contribution in [0.3, 0.4) is 0 Å². The van der Waals surface area contributed by atoms with Crippen LogP contribution in [0.15, 0.2) is 91.0 Å². The highest BCUT2D eigenvalue weighted by Crippen LogP contribution is 2.30. The number of carbonyl (C=O) groups is 5. The van der Waals surface area contributed by atoms with Crippen LogP contribution < -0.4 is 5.32 Å². The van der Waals surface area contributed by atoms with Crippen LogP contribution in [-0.4, -0.2) is 65.5 Å². The van der Waals surface area contributed by atoms with E-state index in [1.807, 2.05) is 0 Å². The summed E-state index contributed by atoms with van der Waals surface area (Å²) >= 11 is 0. The van der Waals surface area contributed by atoms with E-state index in [0.29, 0.717) is 0 Å². The van der Waals surface area contributed by atoms with Crippen molar-refractivity contribution in [1.82, 2.24) is 5.32 Å². The van der Waals surface area contributed by atoms with Crippen molar-refractivity contribution in [2.45, 2.75) is 37.6 Å². The van der Waals surface area contributed by atoms with Crippen LogP contribution in [0.1, 0.15) is 38.0 Å². The molecule has 1 saturated heterocycles. The van der Waals surface area contributed by atoms with Crippen molar-refractivity contribution in [3.05, 3.63) is 108 Å². The molecule has 5 atom stereocenters. The number of ether oxygens (including phenoxy) is 4. The first kappa shape index (κ1) is 28.0. The first-order valence-electron chi connectivity index (χ1n) is 12.2. The van der Waals surface area contributed by atoms with Gasteiger partial charge >= 0.3 is 23.9 Å². The fourth-order valence-corrected chi connectivity index (χ4v) is 4.05. The van der Waals surface area contributed by atoms with Gasteiger partial charge < -0.3 is 29.4 Å². The van der Waals surface area contributed by atoms with Crippen LogP contribution in [0.2, 0.25) is 0 Å². The third kappa shape index (κ3) is 6.69. The molecule has 3 aromatic carbocycles. The minimum absolute atomic E-state index is 0.0848. The van der Waals surface area contributed by atoms with E-state index in [0.717, 1.165) is 6.92 Å². The molecule has 11 heteroatoms. The average molecular weight is 548 g/mol. The summed E-state index contributed by atoms with van der Waals surface area (Å²) < 4.78 is 22.5. The predicted molar refractivity (Wildman–Crippen MR) is 137 cm³/mol. The molecule has 0 saturated carbocycles. The molecule has 1 heterocycles. The SMILES string of the molecule is CC(=O)N[C@@H]1O[C@H](C(=O)O)[C@@H](OC(=O)c2ccccc2)[C@H](OC(=O)c2ccccc2)[C@H]1OC(=O)c1ccccc1. The first-order valence-corrected chi connectivity index (χ1v) is 12.2. The van der Waals surface area contributed by atoms with Gasteiger partial charge in [-0.05, 0) is 36.4 Å². The van der Waals surface area contributed by atoms with Gasteiger partial charge in [-0.15, -0.1) is 0 Å². The van der Waals surface area contributed by atoms with Crippen molar-refractivity contribution in [3.63, 3.8) is 0 Å². The van der Waals surface area contributed by atoms with E-state index < -0.39 is 60.4 Å². The quantitative estimate of drug-likeness (QED) is 0.318. The van der Waals surface area contributed by atoms with Crippen LogP contribution >= 0.6 is 0 Å². The number of hydrogen-bond donors (Lipinski definition) is 2. The summed E-state index contributed by atoms with van der Waals surface area (Å²) in [5.41, 5.74) is 0.301. The first-order chi connectivity index (χ1) is 19.2. The number of carboxylic acid groups (broad SMARTS) is 1. The van der Waals surface area contributed by atoms with Gasteiger partial charge in [-0.3, -0.25) is 4.79 Å². The average Bonchev–Trinajstić information content (AvgIpc) is 2.96. The Balaban J connectivity index is 1.76. The summed E-state index contributed by atoms with van der Waals surface area (Å²) in [6.07, 6.45) is -8.60. The van der Waals surface area contributed by atoms with Gasteiger partial charge in [0.05, 0.1) is 16.7 Å². The zero-order valence-corrected chi connectivity index (χ0v) is 21.2. The smallest absolute Gasteiger partial charge is 0.338 e. The second kappa shape index (κ2) is 12.7. The summed E-state index contributed by atoms with van der Waals surface area (Å²) in [5, 5.41) is 12.4. The highest BCUT2D eigenvalue weighted by Gasteiger charge is 2.55. The molecule has 0 bridgehead atoms. The maximum Gasteiger partial charge on any atom is 0.338 e. The summed E-state index contributed by atoms with van der Waals surface area (Å²) in [6, 6.07) is 23.3. The van der Waals surface area contributed by atoms with E-state index in [1.54, 1.807) is 54.6 Å². The number of hydrogen-bond acceptors (Lipinski definition) is 9. The molecule has 1 fully saturated rings. The summed E-state index contributed by atoms with van der Waals surface area (Å²) in [6.45, 7) is 1.14. The Bertz CT molecular complexity index is 1360. The number of rotatable bonds is 8. The fourth-order valence-electron chi connectivity index (χ4n) is 4.05. The van der Waals surface area contributed by atoms with Crippen molar-refractivity contribution < 1.29 is 48.0 Å². The highest BCUT2D eigenvalue weighted by molar-refractivity contribution is 5.91. The van der Waals surface area contributed by atoms with Gasteiger partial charge in [0.1, 0.15) is 0 Å². The van der Waals surface area contributed by atoms with Gasteiger partial charge in [-0.25, -0.2) is 19.2 Å². The fraction of sp³-hybridized carbons (Fsp3) is 0.207. The zero-order valence-electron chi connectivity index (χ0n) is 21.2. The van der Waals surface area contributed by atoms with Gasteiger partial charge in [0.2, 0.25) is 5.91 Å². The number of carboxylic acids is 1. The molecule has 2 N–H and O–H groups in total. The summed E-state index contributed by atoms with van der Waals surface area (Å²) in [5.74, 6) is -4.96. The maximum absolute atomic E-state index is 13.1. The normalized spacial score (nSPS) is 21.9. The topological polar surface area (TPSA) is 155 Å². The molecule has 206 valence electrons. The van der Waals surface area contributed by atoms with Crippen molar-refractivity contribution in [2.24, 2.45) is 0 Å². The van der Waals surface area contributed by atoms with Crippen LogP contribution in [0.4, 0.5) is 0 Å². The third-order valence-electron chi connectivity index (χ3n) is 5.88. The number of benzene rings is 3. The van der Waals surface area contributed by atoms with Gasteiger partial charge in [-0.1, -0.05) is 54.6 Å². The molecule has 4 rings (SSSR count). The molecule has 3 aromatic rings. The van der Waals surface area contributed by atoms with Gasteiger partial charge in [0.15, 0.2) is 30.6 Å². The monoisotopic (exact) mass is 547 g/mol. The minimum atomic E-state index is -1.91. The van der Waals surface area contributed by atoms with Crippen molar-refractivity contribution in [1.29, 1.82) is 0 Å². The molecular weight excluding hydrogens is 522 g/mol. The molecule has 0 aliphatic carbocycles. The molecule has 1 amide bonds.